The Bertz CT molecular complexity index is 312. The van der Waals surface area contributed by atoms with Gasteiger partial charge in [-0.25, -0.2) is 13.2 Å². The predicted octanol–water partition coefficient (Wildman–Crippen LogP) is 2.69. The molecule has 0 fully saturated rings. The highest BCUT2D eigenvalue weighted by molar-refractivity contribution is 5.27. The summed E-state index contributed by atoms with van der Waals surface area (Å²) in [5, 5.41) is 8.76. The first kappa shape index (κ1) is 11.0. The lowest BCUT2D eigenvalue weighted by Gasteiger charge is -2.12. The van der Waals surface area contributed by atoms with Crippen LogP contribution in [0, 0.1) is 5.82 Å². The standard InChI is InChI=1S/C10H11F3O/c1-6(10(12)13)8-4-7(5-14)2-3-9(8)11/h2-4,6,10,14H,5H2,1H3/t6-/m0/s1. The number of halogens is 3. The molecular formula is C10H11F3O. The topological polar surface area (TPSA) is 20.2 Å². The summed E-state index contributed by atoms with van der Waals surface area (Å²) in [6, 6.07) is 3.74. The van der Waals surface area contributed by atoms with Gasteiger partial charge in [0.25, 0.3) is 0 Å². The van der Waals surface area contributed by atoms with Crippen LogP contribution in [-0.2, 0) is 6.61 Å². The molecule has 1 N–H and O–H groups in total. The van der Waals surface area contributed by atoms with Crippen LogP contribution in [-0.4, -0.2) is 11.5 Å². The molecule has 0 aromatic heterocycles. The first-order valence-electron chi connectivity index (χ1n) is 4.23. The zero-order valence-electron chi connectivity index (χ0n) is 7.67. The lowest BCUT2D eigenvalue weighted by atomic mass is 9.99. The number of hydrogen-bond acceptors (Lipinski definition) is 1. The molecule has 0 amide bonds. The molecule has 78 valence electrons. The maximum absolute atomic E-state index is 13.1. The van der Waals surface area contributed by atoms with Gasteiger partial charge in [-0.3, -0.25) is 0 Å². The van der Waals surface area contributed by atoms with Gasteiger partial charge < -0.3 is 5.11 Å². The number of alkyl halides is 2. The maximum atomic E-state index is 13.1. The minimum atomic E-state index is -2.60. The zero-order valence-corrected chi connectivity index (χ0v) is 7.67. The van der Waals surface area contributed by atoms with Crippen molar-refractivity contribution >= 4 is 0 Å². The van der Waals surface area contributed by atoms with Gasteiger partial charge in [-0.15, -0.1) is 0 Å². The summed E-state index contributed by atoms with van der Waals surface area (Å²) in [6.07, 6.45) is -2.60. The summed E-state index contributed by atoms with van der Waals surface area (Å²) in [4.78, 5) is 0. The van der Waals surface area contributed by atoms with E-state index in [9.17, 15) is 13.2 Å². The van der Waals surface area contributed by atoms with Crippen molar-refractivity contribution in [2.45, 2.75) is 25.9 Å². The average molecular weight is 204 g/mol. The van der Waals surface area contributed by atoms with Gasteiger partial charge in [0, 0.05) is 5.92 Å². The van der Waals surface area contributed by atoms with Gasteiger partial charge in [-0.2, -0.15) is 0 Å². The van der Waals surface area contributed by atoms with Gasteiger partial charge in [0.05, 0.1) is 6.61 Å². The lowest BCUT2D eigenvalue weighted by Crippen LogP contribution is -2.07. The molecule has 0 saturated heterocycles. The number of aliphatic hydroxyl groups is 1. The number of hydrogen-bond donors (Lipinski definition) is 1. The van der Waals surface area contributed by atoms with Crippen molar-refractivity contribution in [2.75, 3.05) is 0 Å². The van der Waals surface area contributed by atoms with Gasteiger partial charge in [0.15, 0.2) is 0 Å². The minimum absolute atomic E-state index is 0.0495. The van der Waals surface area contributed by atoms with Crippen molar-refractivity contribution in [3.8, 4) is 0 Å². The molecule has 0 aliphatic heterocycles. The number of rotatable bonds is 3. The minimum Gasteiger partial charge on any atom is -0.392 e. The van der Waals surface area contributed by atoms with Gasteiger partial charge in [0.1, 0.15) is 5.82 Å². The third kappa shape index (κ3) is 2.26. The molecule has 1 nitrogen and oxygen atoms in total. The Morgan fingerprint density at radius 3 is 2.50 bits per heavy atom. The van der Waals surface area contributed by atoms with E-state index in [1.165, 1.54) is 19.1 Å². The van der Waals surface area contributed by atoms with Crippen LogP contribution in [0.25, 0.3) is 0 Å². The van der Waals surface area contributed by atoms with E-state index in [2.05, 4.69) is 0 Å². The first-order valence-corrected chi connectivity index (χ1v) is 4.23. The molecule has 14 heavy (non-hydrogen) atoms. The summed E-state index contributed by atoms with van der Waals surface area (Å²) in [6.45, 7) is 0.980. The second-order valence-electron chi connectivity index (χ2n) is 3.14. The largest absolute Gasteiger partial charge is 0.392 e. The van der Waals surface area contributed by atoms with Crippen LogP contribution in [0.4, 0.5) is 13.2 Å². The Balaban J connectivity index is 3.05. The molecule has 0 unspecified atom stereocenters. The van der Waals surface area contributed by atoms with Crippen molar-refractivity contribution in [3.63, 3.8) is 0 Å². The molecule has 4 heteroatoms. The molecule has 1 rings (SSSR count). The van der Waals surface area contributed by atoms with E-state index in [-0.39, 0.29) is 12.2 Å². The fraction of sp³-hybridized carbons (Fsp3) is 0.400. The molecule has 0 aliphatic carbocycles. The first-order chi connectivity index (χ1) is 6.56. The Morgan fingerprint density at radius 2 is 2.00 bits per heavy atom. The van der Waals surface area contributed by atoms with E-state index in [4.69, 9.17) is 5.11 Å². The Kier molecular flexibility index (Phi) is 3.52. The molecule has 0 saturated carbocycles. The highest BCUT2D eigenvalue weighted by atomic mass is 19.3. The second kappa shape index (κ2) is 4.46. The van der Waals surface area contributed by atoms with Gasteiger partial charge in [-0.1, -0.05) is 19.1 Å². The summed E-state index contributed by atoms with van der Waals surface area (Å²) >= 11 is 0. The lowest BCUT2D eigenvalue weighted by molar-refractivity contribution is 0.119. The van der Waals surface area contributed by atoms with Crippen molar-refractivity contribution in [1.29, 1.82) is 0 Å². The third-order valence-electron chi connectivity index (χ3n) is 2.11. The van der Waals surface area contributed by atoms with Crippen molar-refractivity contribution < 1.29 is 18.3 Å². The molecule has 0 heterocycles. The smallest absolute Gasteiger partial charge is 0.245 e. The van der Waals surface area contributed by atoms with E-state index < -0.39 is 18.2 Å². The number of benzene rings is 1. The highest BCUT2D eigenvalue weighted by Gasteiger charge is 2.20. The third-order valence-corrected chi connectivity index (χ3v) is 2.11. The fourth-order valence-corrected chi connectivity index (χ4v) is 1.18. The van der Waals surface area contributed by atoms with E-state index in [1.54, 1.807) is 0 Å². The van der Waals surface area contributed by atoms with Crippen LogP contribution in [0.2, 0.25) is 0 Å². The van der Waals surface area contributed by atoms with E-state index in [0.717, 1.165) is 6.07 Å². The van der Waals surface area contributed by atoms with Crippen LogP contribution in [0.1, 0.15) is 24.0 Å². The molecule has 0 radical (unpaired) electrons. The molecule has 1 aromatic carbocycles. The number of aliphatic hydroxyl groups excluding tert-OH is 1. The van der Waals surface area contributed by atoms with Gasteiger partial charge in [-0.05, 0) is 17.2 Å². The van der Waals surface area contributed by atoms with Gasteiger partial charge >= 0.3 is 0 Å². The predicted molar refractivity (Wildman–Crippen MR) is 46.7 cm³/mol. The summed E-state index contributed by atoms with van der Waals surface area (Å²) < 4.78 is 37.7. The monoisotopic (exact) mass is 204 g/mol. The van der Waals surface area contributed by atoms with Crippen molar-refractivity contribution in [2.24, 2.45) is 0 Å². The Hall–Kier alpha value is -1.03. The van der Waals surface area contributed by atoms with Crippen LogP contribution in [0.5, 0.6) is 0 Å². The van der Waals surface area contributed by atoms with E-state index >= 15 is 0 Å². The molecular weight excluding hydrogens is 193 g/mol. The summed E-state index contributed by atoms with van der Waals surface area (Å²) in [7, 11) is 0. The normalized spacial score (nSPS) is 13.3. The van der Waals surface area contributed by atoms with Crippen LogP contribution in [0.3, 0.4) is 0 Å². The summed E-state index contributed by atoms with van der Waals surface area (Å²) in [5.41, 5.74) is 0.389. The van der Waals surface area contributed by atoms with Crippen molar-refractivity contribution in [1.82, 2.24) is 0 Å². The van der Waals surface area contributed by atoms with Crippen molar-refractivity contribution in [3.05, 3.63) is 35.1 Å². The zero-order chi connectivity index (χ0) is 10.7. The van der Waals surface area contributed by atoms with Gasteiger partial charge in [0.2, 0.25) is 6.43 Å². The van der Waals surface area contributed by atoms with Crippen LogP contribution in [0.15, 0.2) is 18.2 Å². The second-order valence-corrected chi connectivity index (χ2v) is 3.14. The molecule has 1 atom stereocenters. The SMILES string of the molecule is C[C@@H](c1cc(CO)ccc1F)C(F)F. The quantitative estimate of drug-likeness (QED) is 0.802. The Morgan fingerprint density at radius 1 is 1.36 bits per heavy atom. The highest BCUT2D eigenvalue weighted by Crippen LogP contribution is 2.25. The average Bonchev–Trinajstić information content (AvgIpc) is 2.17. The van der Waals surface area contributed by atoms with Crippen LogP contribution < -0.4 is 0 Å². The maximum Gasteiger partial charge on any atom is 0.245 e. The van der Waals surface area contributed by atoms with E-state index in [0.29, 0.717) is 5.56 Å². The Labute approximate surface area is 80.2 Å². The van der Waals surface area contributed by atoms with E-state index in [1.807, 2.05) is 0 Å². The van der Waals surface area contributed by atoms with Crippen LogP contribution >= 0.6 is 0 Å². The molecule has 0 spiro atoms. The molecule has 0 aliphatic rings. The molecule has 1 aromatic rings. The fourth-order valence-electron chi connectivity index (χ4n) is 1.18. The summed E-state index contributed by atoms with van der Waals surface area (Å²) in [5.74, 6) is -1.81. The molecule has 0 bridgehead atoms.